The largest absolute Gasteiger partial charge is 0.334 e. The molecule has 0 aliphatic heterocycles. The molecule has 0 radical (unpaired) electrons. The van der Waals surface area contributed by atoms with Gasteiger partial charge in [0.2, 0.25) is 0 Å². The van der Waals surface area contributed by atoms with Gasteiger partial charge in [0.05, 0.1) is 6.04 Å². The molecule has 0 heterocycles. The molecular weight excluding hydrogens is 917 g/mol. The number of para-hydroxylation sites is 1. The highest BCUT2D eigenvalue weighted by atomic mass is 15.2. The maximum Gasteiger partial charge on any atom is 0.0560 e. The van der Waals surface area contributed by atoms with Crippen molar-refractivity contribution >= 4 is 49.9 Å². The summed E-state index contributed by atoms with van der Waals surface area (Å²) in [5.41, 5.74) is 20.3. The molecule has 1 unspecified atom stereocenters. The Morgan fingerprint density at radius 2 is 0.816 bits per heavy atom. The van der Waals surface area contributed by atoms with Crippen LogP contribution in [-0.2, 0) is 0 Å². The normalized spacial score (nSPS) is 14.1. The Morgan fingerprint density at radius 1 is 0.355 bits per heavy atom. The highest BCUT2D eigenvalue weighted by molar-refractivity contribution is 6.24. The van der Waals surface area contributed by atoms with Gasteiger partial charge >= 0.3 is 0 Å². The van der Waals surface area contributed by atoms with Crippen molar-refractivity contribution in [1.82, 2.24) is 0 Å². The minimum absolute atomic E-state index is 0.0883. The van der Waals surface area contributed by atoms with E-state index < -0.39 is 0 Å². The van der Waals surface area contributed by atoms with E-state index in [0.29, 0.717) is 0 Å². The van der Waals surface area contributed by atoms with Gasteiger partial charge in [-0.1, -0.05) is 243 Å². The first-order valence-electron chi connectivity index (χ1n) is 26.7. The maximum absolute atomic E-state index is 2.54. The van der Waals surface area contributed by atoms with E-state index in [1.54, 1.807) is 0 Å². The van der Waals surface area contributed by atoms with Crippen LogP contribution in [0, 0.1) is 0 Å². The van der Waals surface area contributed by atoms with Crippen LogP contribution in [0.1, 0.15) is 24.8 Å². The summed E-state index contributed by atoms with van der Waals surface area (Å²) in [4.78, 5) is 5.03. The standard InChI is InChI=1S/C74H56N2/c1-7-23-53(24-8-1)55-39-43-61(44-40-55)75(59-31-15-5-16-32-59)63-47-49-69-71(51-63)73(67-37-21-19-35-65(67)57-27-11-3-12-28-57)70-50-48-64(52-72(70)74(69)68-38-22-20-36-66(68)58-29-13-4-14-30-58)76(60-33-17-6-18-34-60)62-45-41-56(42-46-62)54-25-9-2-10-26-54/h1-17,19-33,35-43,45-52,61H,18,34,44H2. The van der Waals surface area contributed by atoms with Gasteiger partial charge in [0.1, 0.15) is 0 Å². The number of rotatable bonds is 12. The van der Waals surface area contributed by atoms with Crippen LogP contribution in [0.25, 0.3) is 82.8 Å². The molecule has 13 rings (SSSR count). The third-order valence-corrected chi connectivity index (χ3v) is 15.2. The molecule has 0 spiro atoms. The number of fused-ring (bicyclic) bond motifs is 2. The van der Waals surface area contributed by atoms with Crippen molar-refractivity contribution in [3.8, 4) is 55.6 Å². The van der Waals surface area contributed by atoms with E-state index in [9.17, 15) is 0 Å². The molecule has 0 bridgehead atoms. The molecule has 76 heavy (non-hydrogen) atoms. The molecule has 0 fully saturated rings. The summed E-state index contributed by atoms with van der Waals surface area (Å²) >= 11 is 0. The average Bonchev–Trinajstić information content (AvgIpc) is 3.62. The quantitative estimate of drug-likeness (QED) is 0.113. The SMILES string of the molecule is C1=CCCC(N(c2ccc(-c3ccccc3)cc2)c2ccc3c(-c4ccccc4-c4ccccc4)c4cc(N(c5ccccc5)C5C=CC(c6ccccc6)=CC5)ccc4c(-c4ccccc4-c4ccccc4)c3c2)=C1. The molecular formula is C74H56N2. The Morgan fingerprint density at radius 3 is 1.34 bits per heavy atom. The number of hydrogen-bond donors (Lipinski definition) is 0. The van der Waals surface area contributed by atoms with Crippen molar-refractivity contribution in [2.24, 2.45) is 0 Å². The van der Waals surface area contributed by atoms with E-state index in [2.05, 4.69) is 307 Å². The van der Waals surface area contributed by atoms with Crippen LogP contribution >= 0.6 is 0 Å². The second-order valence-electron chi connectivity index (χ2n) is 19.8. The van der Waals surface area contributed by atoms with E-state index in [1.165, 1.54) is 94.0 Å². The van der Waals surface area contributed by atoms with Crippen LogP contribution in [0.3, 0.4) is 0 Å². The van der Waals surface area contributed by atoms with Crippen molar-refractivity contribution < 1.29 is 0 Å². The zero-order chi connectivity index (χ0) is 50.6. The van der Waals surface area contributed by atoms with E-state index >= 15 is 0 Å². The van der Waals surface area contributed by atoms with Gasteiger partial charge in [0, 0.05) is 28.4 Å². The lowest BCUT2D eigenvalue weighted by Crippen LogP contribution is -2.30. The number of allylic oxidation sites excluding steroid dienone is 6. The zero-order valence-corrected chi connectivity index (χ0v) is 42.4. The van der Waals surface area contributed by atoms with Crippen molar-refractivity contribution in [2.45, 2.75) is 25.3 Å². The van der Waals surface area contributed by atoms with Gasteiger partial charge in [-0.25, -0.2) is 0 Å². The van der Waals surface area contributed by atoms with Crippen LogP contribution in [0.15, 0.2) is 303 Å². The van der Waals surface area contributed by atoms with Crippen LogP contribution in [0.2, 0.25) is 0 Å². The van der Waals surface area contributed by atoms with Crippen LogP contribution < -0.4 is 9.80 Å². The van der Waals surface area contributed by atoms with Gasteiger partial charge in [-0.05, 0) is 162 Å². The Bertz CT molecular complexity index is 3990. The van der Waals surface area contributed by atoms with E-state index in [4.69, 9.17) is 0 Å². The molecule has 0 saturated carbocycles. The van der Waals surface area contributed by atoms with Crippen molar-refractivity contribution in [2.75, 3.05) is 9.80 Å². The number of benzene rings is 11. The van der Waals surface area contributed by atoms with Gasteiger partial charge in [0.15, 0.2) is 0 Å². The average molecular weight is 973 g/mol. The molecule has 0 aromatic heterocycles. The second kappa shape index (κ2) is 20.8. The third-order valence-electron chi connectivity index (χ3n) is 15.2. The summed E-state index contributed by atoms with van der Waals surface area (Å²) in [6, 6.07) is 96.0. The topological polar surface area (TPSA) is 6.48 Å². The number of anilines is 4. The predicted molar refractivity (Wildman–Crippen MR) is 324 cm³/mol. The molecule has 2 nitrogen and oxygen atoms in total. The molecule has 0 amide bonds. The molecule has 2 aliphatic carbocycles. The minimum atomic E-state index is 0.0883. The lowest BCUT2D eigenvalue weighted by Gasteiger charge is -2.34. The first-order chi connectivity index (χ1) is 37.7. The summed E-state index contributed by atoms with van der Waals surface area (Å²) < 4.78 is 0. The van der Waals surface area contributed by atoms with E-state index in [0.717, 1.165) is 42.0 Å². The van der Waals surface area contributed by atoms with Crippen molar-refractivity contribution in [3.05, 3.63) is 309 Å². The fourth-order valence-electron chi connectivity index (χ4n) is 11.7. The van der Waals surface area contributed by atoms with E-state index in [1.807, 2.05) is 0 Å². The minimum Gasteiger partial charge on any atom is -0.334 e. The zero-order valence-electron chi connectivity index (χ0n) is 42.4. The summed E-state index contributed by atoms with van der Waals surface area (Å²) in [6.45, 7) is 0. The lowest BCUT2D eigenvalue weighted by molar-refractivity contribution is 0.787. The monoisotopic (exact) mass is 972 g/mol. The molecule has 11 aromatic carbocycles. The maximum atomic E-state index is 2.54. The number of nitrogens with zero attached hydrogens (tertiary/aromatic N) is 2. The molecule has 0 N–H and O–H groups in total. The summed E-state index contributed by atoms with van der Waals surface area (Å²) in [7, 11) is 0. The van der Waals surface area contributed by atoms with E-state index in [-0.39, 0.29) is 6.04 Å². The van der Waals surface area contributed by atoms with Gasteiger partial charge in [0.25, 0.3) is 0 Å². The Labute approximate surface area is 446 Å². The number of hydrogen-bond acceptors (Lipinski definition) is 2. The van der Waals surface area contributed by atoms with Crippen LogP contribution in [0.4, 0.5) is 22.7 Å². The molecule has 0 saturated heterocycles. The Balaban J connectivity index is 1.10. The summed E-state index contributed by atoms with van der Waals surface area (Å²) in [5.74, 6) is 0. The molecule has 362 valence electrons. The van der Waals surface area contributed by atoms with Crippen LogP contribution in [-0.4, -0.2) is 6.04 Å². The smallest absolute Gasteiger partial charge is 0.0560 e. The highest BCUT2D eigenvalue weighted by Crippen LogP contribution is 2.51. The van der Waals surface area contributed by atoms with Gasteiger partial charge in [-0.15, -0.1) is 0 Å². The molecule has 2 heteroatoms. The first kappa shape index (κ1) is 46.3. The molecule has 1 atom stereocenters. The molecule has 11 aromatic rings. The summed E-state index contributed by atoms with van der Waals surface area (Å²) in [5, 5.41) is 4.80. The van der Waals surface area contributed by atoms with Gasteiger partial charge in [-0.3, -0.25) is 0 Å². The second-order valence-corrected chi connectivity index (χ2v) is 19.8. The fourth-order valence-corrected chi connectivity index (χ4v) is 11.7. The summed E-state index contributed by atoms with van der Waals surface area (Å²) in [6.07, 6.45) is 16.7. The van der Waals surface area contributed by atoms with Gasteiger partial charge < -0.3 is 9.80 Å². The Hall–Kier alpha value is -9.50. The first-order valence-corrected chi connectivity index (χ1v) is 26.7. The van der Waals surface area contributed by atoms with Gasteiger partial charge in [-0.2, -0.15) is 0 Å². The van der Waals surface area contributed by atoms with Crippen molar-refractivity contribution in [3.63, 3.8) is 0 Å². The highest BCUT2D eigenvalue weighted by Gasteiger charge is 2.26. The third kappa shape index (κ3) is 8.95. The van der Waals surface area contributed by atoms with Crippen molar-refractivity contribution in [1.29, 1.82) is 0 Å². The Kier molecular flexibility index (Phi) is 12.7. The predicted octanol–water partition coefficient (Wildman–Crippen LogP) is 20.3. The molecule has 2 aliphatic rings. The fraction of sp³-hybridized carbons (Fsp3) is 0.0541. The lowest BCUT2D eigenvalue weighted by atomic mass is 9.82. The van der Waals surface area contributed by atoms with Crippen LogP contribution in [0.5, 0.6) is 0 Å².